The molecule has 0 saturated heterocycles. The molecule has 0 bridgehead atoms. The monoisotopic (exact) mass is 244 g/mol. The van der Waals surface area contributed by atoms with E-state index in [9.17, 15) is 5.11 Å². The molecule has 0 aromatic heterocycles. The molecule has 0 radical (unpaired) electrons. The van der Waals surface area contributed by atoms with E-state index in [1.54, 1.807) is 5.56 Å². The zero-order valence-corrected chi connectivity index (χ0v) is 12.0. The molecule has 1 atom stereocenters. The molecule has 1 N–H and O–H groups in total. The van der Waals surface area contributed by atoms with Gasteiger partial charge in [-0.25, -0.2) is 0 Å². The SMILES string of the molecule is CC1Cc2cc(O)cc(C(C)(C)C)c2C12CCC2. The van der Waals surface area contributed by atoms with Crippen molar-refractivity contribution in [3.05, 3.63) is 28.8 Å². The molecule has 2 aliphatic carbocycles. The van der Waals surface area contributed by atoms with E-state index in [0.717, 1.165) is 12.3 Å². The summed E-state index contributed by atoms with van der Waals surface area (Å²) >= 11 is 0. The second-order valence-corrected chi connectivity index (χ2v) is 7.39. The van der Waals surface area contributed by atoms with Gasteiger partial charge in [0.2, 0.25) is 0 Å². The number of benzene rings is 1. The molecule has 18 heavy (non-hydrogen) atoms. The number of fused-ring (bicyclic) bond motifs is 2. The van der Waals surface area contributed by atoms with Gasteiger partial charge in [-0.3, -0.25) is 0 Å². The number of phenolic OH excluding ortho intramolecular Hbond substituents is 1. The lowest BCUT2D eigenvalue weighted by Gasteiger charge is -2.45. The third-order valence-electron chi connectivity index (χ3n) is 5.23. The lowest BCUT2D eigenvalue weighted by molar-refractivity contribution is 0.174. The molecule has 1 spiro atoms. The molecular formula is C17H24O. The Bertz CT molecular complexity index is 489. The van der Waals surface area contributed by atoms with Gasteiger partial charge in [-0.1, -0.05) is 34.1 Å². The highest BCUT2D eigenvalue weighted by atomic mass is 16.3. The molecular weight excluding hydrogens is 220 g/mol. The van der Waals surface area contributed by atoms with Gasteiger partial charge in [0.25, 0.3) is 0 Å². The summed E-state index contributed by atoms with van der Waals surface area (Å²) in [6, 6.07) is 4.02. The van der Waals surface area contributed by atoms with Crippen molar-refractivity contribution in [2.45, 2.75) is 64.2 Å². The minimum atomic E-state index is 0.121. The van der Waals surface area contributed by atoms with Crippen LogP contribution in [0, 0.1) is 5.92 Å². The van der Waals surface area contributed by atoms with Crippen LogP contribution in [0.1, 0.15) is 63.6 Å². The first kappa shape index (κ1) is 12.1. The summed E-state index contributed by atoms with van der Waals surface area (Å²) in [5.41, 5.74) is 4.93. The predicted octanol–water partition coefficient (Wildman–Crippen LogP) is 4.30. The van der Waals surface area contributed by atoms with E-state index in [4.69, 9.17) is 0 Å². The fraction of sp³-hybridized carbons (Fsp3) is 0.647. The molecule has 1 aromatic carbocycles. The van der Waals surface area contributed by atoms with Crippen LogP contribution in [0.4, 0.5) is 0 Å². The first-order valence-corrected chi connectivity index (χ1v) is 7.21. The average molecular weight is 244 g/mol. The minimum absolute atomic E-state index is 0.121. The summed E-state index contributed by atoms with van der Waals surface area (Å²) in [6.45, 7) is 9.18. The lowest BCUT2D eigenvalue weighted by Crippen LogP contribution is -2.39. The summed E-state index contributed by atoms with van der Waals surface area (Å²) < 4.78 is 0. The maximum Gasteiger partial charge on any atom is 0.116 e. The first-order chi connectivity index (χ1) is 8.34. The minimum Gasteiger partial charge on any atom is -0.508 e. The van der Waals surface area contributed by atoms with Gasteiger partial charge in [0, 0.05) is 0 Å². The van der Waals surface area contributed by atoms with E-state index in [2.05, 4.69) is 27.7 Å². The molecule has 1 nitrogen and oxygen atoms in total. The van der Waals surface area contributed by atoms with Gasteiger partial charge in [-0.2, -0.15) is 0 Å². The Morgan fingerprint density at radius 3 is 2.39 bits per heavy atom. The van der Waals surface area contributed by atoms with Crippen LogP contribution < -0.4 is 0 Å². The second kappa shape index (κ2) is 3.53. The molecule has 0 amide bonds. The first-order valence-electron chi connectivity index (χ1n) is 7.21. The molecule has 1 unspecified atom stereocenters. The number of hydrogen-bond donors (Lipinski definition) is 1. The maximum absolute atomic E-state index is 9.99. The van der Waals surface area contributed by atoms with Crippen molar-refractivity contribution in [1.82, 2.24) is 0 Å². The summed E-state index contributed by atoms with van der Waals surface area (Å²) in [6.07, 6.45) is 5.20. The Kier molecular flexibility index (Phi) is 2.36. The normalized spacial score (nSPS) is 25.0. The maximum atomic E-state index is 9.99. The third-order valence-corrected chi connectivity index (χ3v) is 5.23. The molecule has 0 heterocycles. The van der Waals surface area contributed by atoms with Crippen LogP contribution in [-0.2, 0) is 17.3 Å². The highest BCUT2D eigenvalue weighted by Crippen LogP contribution is 2.58. The van der Waals surface area contributed by atoms with Gasteiger partial charge in [0.1, 0.15) is 5.75 Å². The van der Waals surface area contributed by atoms with E-state index in [0.29, 0.717) is 11.2 Å². The zero-order valence-electron chi connectivity index (χ0n) is 12.0. The third kappa shape index (κ3) is 1.46. The molecule has 3 rings (SSSR count). The van der Waals surface area contributed by atoms with Crippen molar-refractivity contribution in [1.29, 1.82) is 0 Å². The van der Waals surface area contributed by atoms with Crippen molar-refractivity contribution in [2.75, 3.05) is 0 Å². The summed E-state index contributed by atoms with van der Waals surface area (Å²) in [5, 5.41) is 9.99. The van der Waals surface area contributed by atoms with Crippen molar-refractivity contribution < 1.29 is 5.11 Å². The molecule has 98 valence electrons. The van der Waals surface area contributed by atoms with Gasteiger partial charge in [-0.15, -0.1) is 0 Å². The molecule has 1 saturated carbocycles. The van der Waals surface area contributed by atoms with Crippen LogP contribution in [0.5, 0.6) is 5.75 Å². The summed E-state index contributed by atoms with van der Waals surface area (Å²) in [5.74, 6) is 1.19. The Hall–Kier alpha value is -0.980. The molecule has 1 heteroatoms. The van der Waals surface area contributed by atoms with Gasteiger partial charge in [0.05, 0.1) is 0 Å². The average Bonchev–Trinajstić information content (AvgIpc) is 2.45. The Morgan fingerprint density at radius 2 is 1.89 bits per heavy atom. The Labute approximate surface area is 110 Å². The van der Waals surface area contributed by atoms with E-state index in [1.807, 2.05) is 12.1 Å². The van der Waals surface area contributed by atoms with Crippen LogP contribution >= 0.6 is 0 Å². The van der Waals surface area contributed by atoms with Crippen LogP contribution in [0.3, 0.4) is 0 Å². The zero-order chi connectivity index (χ0) is 13.1. The molecule has 1 aromatic rings. The Morgan fingerprint density at radius 1 is 1.22 bits per heavy atom. The fourth-order valence-corrected chi connectivity index (χ4v) is 4.10. The number of aromatic hydroxyl groups is 1. The number of rotatable bonds is 0. The van der Waals surface area contributed by atoms with Gasteiger partial charge < -0.3 is 5.11 Å². The summed E-state index contributed by atoms with van der Waals surface area (Å²) in [7, 11) is 0. The van der Waals surface area contributed by atoms with Crippen LogP contribution in [0.15, 0.2) is 12.1 Å². The molecule has 1 fully saturated rings. The van der Waals surface area contributed by atoms with Crippen molar-refractivity contribution in [2.24, 2.45) is 5.92 Å². The van der Waals surface area contributed by atoms with Crippen LogP contribution in [0.25, 0.3) is 0 Å². The van der Waals surface area contributed by atoms with E-state index in [1.165, 1.54) is 30.4 Å². The van der Waals surface area contributed by atoms with Crippen molar-refractivity contribution >= 4 is 0 Å². The van der Waals surface area contributed by atoms with Gasteiger partial charge in [0.15, 0.2) is 0 Å². The fourth-order valence-electron chi connectivity index (χ4n) is 4.10. The number of hydrogen-bond acceptors (Lipinski definition) is 1. The number of phenols is 1. The van der Waals surface area contributed by atoms with E-state index < -0.39 is 0 Å². The Balaban J connectivity index is 2.24. The highest BCUT2D eigenvalue weighted by molar-refractivity contribution is 5.53. The largest absolute Gasteiger partial charge is 0.508 e. The molecule has 0 aliphatic heterocycles. The second-order valence-electron chi connectivity index (χ2n) is 7.39. The standard InChI is InChI=1S/C17H24O/c1-11-8-12-9-13(18)10-14(16(2,3)4)15(12)17(11)6-5-7-17/h9-11,18H,5-8H2,1-4H3. The van der Waals surface area contributed by atoms with Crippen LogP contribution in [-0.4, -0.2) is 5.11 Å². The molecule has 2 aliphatic rings. The smallest absolute Gasteiger partial charge is 0.116 e. The quantitative estimate of drug-likeness (QED) is 0.721. The lowest BCUT2D eigenvalue weighted by atomic mass is 9.59. The highest BCUT2D eigenvalue weighted by Gasteiger charge is 2.50. The van der Waals surface area contributed by atoms with Gasteiger partial charge in [-0.05, 0) is 64.8 Å². The topological polar surface area (TPSA) is 20.2 Å². The van der Waals surface area contributed by atoms with E-state index >= 15 is 0 Å². The van der Waals surface area contributed by atoms with Crippen molar-refractivity contribution in [3.8, 4) is 5.75 Å². The van der Waals surface area contributed by atoms with Crippen molar-refractivity contribution in [3.63, 3.8) is 0 Å². The predicted molar refractivity (Wildman–Crippen MR) is 75.2 cm³/mol. The van der Waals surface area contributed by atoms with E-state index in [-0.39, 0.29) is 5.41 Å². The summed E-state index contributed by atoms with van der Waals surface area (Å²) in [4.78, 5) is 0. The van der Waals surface area contributed by atoms with Gasteiger partial charge >= 0.3 is 0 Å². The van der Waals surface area contributed by atoms with Crippen LogP contribution in [0.2, 0.25) is 0 Å².